The van der Waals surface area contributed by atoms with Crippen molar-refractivity contribution in [2.24, 2.45) is 7.05 Å². The fourth-order valence-corrected chi connectivity index (χ4v) is 4.27. The van der Waals surface area contributed by atoms with Gasteiger partial charge in [0.15, 0.2) is 0 Å². The molecular weight excluding hydrogens is 442 g/mol. The highest BCUT2D eigenvalue weighted by Gasteiger charge is 2.29. The first kappa shape index (κ1) is 22.3. The van der Waals surface area contributed by atoms with Crippen molar-refractivity contribution in [3.63, 3.8) is 0 Å². The normalized spacial score (nSPS) is 14.1. The number of rotatable bonds is 4. The molecule has 0 N–H and O–H groups in total. The Balaban J connectivity index is 1.33. The van der Waals surface area contributed by atoms with Gasteiger partial charge in [-0.2, -0.15) is 9.78 Å². The van der Waals surface area contributed by atoms with E-state index >= 15 is 0 Å². The number of carbonyl (C=O) groups excluding carboxylic acids is 2. The number of hydrogen-bond donors (Lipinski definition) is 0. The van der Waals surface area contributed by atoms with E-state index in [0.717, 1.165) is 5.56 Å². The number of aryl methyl sites for hydroxylation is 1. The molecule has 8 nitrogen and oxygen atoms in total. The molecule has 2 amide bonds. The van der Waals surface area contributed by atoms with Crippen LogP contribution in [0, 0.1) is 0 Å². The van der Waals surface area contributed by atoms with Gasteiger partial charge < -0.3 is 14.4 Å². The van der Waals surface area contributed by atoms with Crippen molar-refractivity contribution in [2.75, 3.05) is 26.2 Å². The highest BCUT2D eigenvalue weighted by Crippen LogP contribution is 2.23. The summed E-state index contributed by atoms with van der Waals surface area (Å²) in [6, 6.07) is 18.8. The topological polar surface area (TPSA) is 80.4 Å². The lowest BCUT2D eigenvalue weighted by atomic mass is 10.1. The lowest BCUT2D eigenvalue weighted by Gasteiger charge is -2.34. The largest absolute Gasteiger partial charge is 0.356 e. The number of amides is 2. The van der Waals surface area contributed by atoms with Crippen LogP contribution in [0.2, 0.25) is 0 Å². The second-order valence-corrected chi connectivity index (χ2v) is 8.51. The fraction of sp³-hybridized carbons (Fsp3) is 0.185. The number of para-hydroxylation sites is 1. The minimum absolute atomic E-state index is 0.0768. The predicted octanol–water partition coefficient (Wildman–Crippen LogP) is 2.67. The monoisotopic (exact) mass is 467 g/mol. The van der Waals surface area contributed by atoms with E-state index in [1.54, 1.807) is 58.1 Å². The number of pyridine rings is 1. The first-order valence-corrected chi connectivity index (χ1v) is 11.5. The lowest BCUT2D eigenvalue weighted by Crippen LogP contribution is -2.50. The van der Waals surface area contributed by atoms with Gasteiger partial charge in [0.05, 0.1) is 16.8 Å². The predicted molar refractivity (Wildman–Crippen MR) is 133 cm³/mol. The van der Waals surface area contributed by atoms with Crippen molar-refractivity contribution in [1.82, 2.24) is 24.1 Å². The molecule has 1 fully saturated rings. The molecule has 1 saturated heterocycles. The summed E-state index contributed by atoms with van der Waals surface area (Å²) in [5.74, 6) is -0.275. The maximum absolute atomic E-state index is 13.5. The zero-order valence-corrected chi connectivity index (χ0v) is 19.4. The second-order valence-electron chi connectivity index (χ2n) is 8.51. The third kappa shape index (κ3) is 4.50. The summed E-state index contributed by atoms with van der Waals surface area (Å²) in [5.41, 5.74) is 2.49. The Labute approximate surface area is 202 Å². The Kier molecular flexibility index (Phi) is 6.01. The van der Waals surface area contributed by atoms with Crippen molar-refractivity contribution in [2.45, 2.75) is 0 Å². The van der Waals surface area contributed by atoms with E-state index in [1.165, 1.54) is 4.68 Å². The summed E-state index contributed by atoms with van der Waals surface area (Å²) in [7, 11) is 1.78. The summed E-state index contributed by atoms with van der Waals surface area (Å²) >= 11 is 0. The van der Waals surface area contributed by atoms with Crippen LogP contribution >= 0.6 is 0 Å². The molecule has 5 rings (SSSR count). The maximum Gasteiger partial charge on any atom is 0.282 e. The van der Waals surface area contributed by atoms with Crippen molar-refractivity contribution >= 4 is 17.9 Å². The van der Waals surface area contributed by atoms with Crippen LogP contribution in [0.4, 0.5) is 0 Å². The van der Waals surface area contributed by atoms with Crippen molar-refractivity contribution < 1.29 is 9.59 Å². The summed E-state index contributed by atoms with van der Waals surface area (Å²) < 4.78 is 3.04. The van der Waals surface area contributed by atoms with Gasteiger partial charge in [0, 0.05) is 51.7 Å². The molecule has 0 unspecified atom stereocenters. The number of aromatic nitrogens is 3. The first-order chi connectivity index (χ1) is 17.0. The molecule has 3 heterocycles. The minimum atomic E-state index is -0.267. The zero-order chi connectivity index (χ0) is 24.4. The Morgan fingerprint density at radius 1 is 0.857 bits per heavy atom. The summed E-state index contributed by atoms with van der Waals surface area (Å²) in [4.78, 5) is 42.5. The highest BCUT2D eigenvalue weighted by molar-refractivity contribution is 6.00. The van der Waals surface area contributed by atoms with E-state index in [0.29, 0.717) is 48.7 Å². The Hall–Kier alpha value is -4.46. The SMILES string of the molecule is Cn1cc(C(=O)N2CCN(C(=O)C=Cc3ccccc3)CC2)c2nn(-c3ccccc3)c(=O)c-2c1. The molecule has 0 radical (unpaired) electrons. The third-order valence-corrected chi connectivity index (χ3v) is 6.13. The smallest absolute Gasteiger partial charge is 0.282 e. The number of piperazine rings is 1. The van der Waals surface area contributed by atoms with Crippen LogP contribution in [0.15, 0.2) is 83.9 Å². The number of nitrogens with zero attached hydrogens (tertiary/aromatic N) is 5. The van der Waals surface area contributed by atoms with E-state index < -0.39 is 0 Å². The molecule has 3 aliphatic heterocycles. The fourth-order valence-electron chi connectivity index (χ4n) is 4.27. The van der Waals surface area contributed by atoms with Crippen molar-refractivity contribution in [3.05, 3.63) is 101 Å². The van der Waals surface area contributed by atoms with Crippen LogP contribution in [0.5, 0.6) is 0 Å². The van der Waals surface area contributed by atoms with Crippen molar-refractivity contribution in [3.8, 4) is 16.9 Å². The van der Waals surface area contributed by atoms with E-state index in [4.69, 9.17) is 0 Å². The van der Waals surface area contributed by atoms with Gasteiger partial charge in [0.25, 0.3) is 11.5 Å². The van der Waals surface area contributed by atoms with Crippen LogP contribution in [0.3, 0.4) is 0 Å². The third-order valence-electron chi connectivity index (χ3n) is 6.13. The van der Waals surface area contributed by atoms with Gasteiger partial charge in [-0.1, -0.05) is 48.5 Å². The summed E-state index contributed by atoms with van der Waals surface area (Å²) in [6.45, 7) is 1.70. The van der Waals surface area contributed by atoms with E-state index in [2.05, 4.69) is 5.10 Å². The average molecular weight is 468 g/mol. The molecule has 0 aromatic heterocycles. The molecule has 0 aliphatic carbocycles. The maximum atomic E-state index is 13.5. The van der Waals surface area contributed by atoms with E-state index in [1.807, 2.05) is 48.5 Å². The molecule has 2 aromatic rings. The van der Waals surface area contributed by atoms with Gasteiger partial charge in [0.2, 0.25) is 5.91 Å². The summed E-state index contributed by atoms with van der Waals surface area (Å²) in [5, 5.41) is 4.51. The Bertz CT molecular complexity index is 1410. The van der Waals surface area contributed by atoms with Gasteiger partial charge in [0.1, 0.15) is 5.69 Å². The van der Waals surface area contributed by atoms with Crippen molar-refractivity contribution in [1.29, 1.82) is 0 Å². The lowest BCUT2D eigenvalue weighted by molar-refractivity contribution is -0.127. The van der Waals surface area contributed by atoms with Crippen LogP contribution in [-0.2, 0) is 11.8 Å². The van der Waals surface area contributed by atoms with Crippen LogP contribution in [-0.4, -0.2) is 62.1 Å². The van der Waals surface area contributed by atoms with Gasteiger partial charge in [-0.25, -0.2) is 0 Å². The van der Waals surface area contributed by atoms with Gasteiger partial charge >= 0.3 is 0 Å². The molecule has 0 saturated carbocycles. The van der Waals surface area contributed by atoms with Crippen LogP contribution in [0.1, 0.15) is 15.9 Å². The molecule has 3 aliphatic rings. The summed E-state index contributed by atoms with van der Waals surface area (Å²) in [6.07, 6.45) is 6.76. The Morgan fingerprint density at radius 3 is 2.17 bits per heavy atom. The minimum Gasteiger partial charge on any atom is -0.356 e. The van der Waals surface area contributed by atoms with E-state index in [9.17, 15) is 14.4 Å². The number of benzene rings is 2. The number of hydrogen-bond acceptors (Lipinski definition) is 4. The molecule has 2 aromatic carbocycles. The highest BCUT2D eigenvalue weighted by atomic mass is 16.2. The second kappa shape index (κ2) is 9.42. The molecular formula is C27H25N5O3. The molecule has 0 spiro atoms. The Morgan fingerprint density at radius 2 is 1.49 bits per heavy atom. The van der Waals surface area contributed by atoms with Gasteiger partial charge in [-0.3, -0.25) is 14.4 Å². The molecule has 0 atom stereocenters. The van der Waals surface area contributed by atoms with Gasteiger partial charge in [-0.15, -0.1) is 0 Å². The number of carbonyl (C=O) groups is 2. The standard InChI is InChI=1S/C27H25N5O3/c1-29-18-22(25-23(19-29)27(35)32(28-25)21-10-6-3-7-11-21)26(34)31-16-14-30(15-17-31)24(33)13-12-20-8-4-2-5-9-20/h2-13,18-19H,14-17H2,1H3. The van der Waals surface area contributed by atoms with Gasteiger partial charge in [-0.05, 0) is 23.8 Å². The van der Waals surface area contributed by atoms with Crippen LogP contribution in [0.25, 0.3) is 23.0 Å². The average Bonchev–Trinajstić information content (AvgIpc) is 3.23. The first-order valence-electron chi connectivity index (χ1n) is 11.5. The molecule has 35 heavy (non-hydrogen) atoms. The zero-order valence-electron chi connectivity index (χ0n) is 19.4. The van der Waals surface area contributed by atoms with Crippen LogP contribution < -0.4 is 5.56 Å². The molecule has 8 heteroatoms. The molecule has 176 valence electrons. The quantitative estimate of drug-likeness (QED) is 0.432. The number of fused-ring (bicyclic) bond motifs is 1. The van der Waals surface area contributed by atoms with E-state index in [-0.39, 0.29) is 17.4 Å². The molecule has 0 bridgehead atoms.